The lowest BCUT2D eigenvalue weighted by Gasteiger charge is -2.16. The van der Waals surface area contributed by atoms with Gasteiger partial charge in [0.15, 0.2) is 0 Å². The highest BCUT2D eigenvalue weighted by molar-refractivity contribution is 7.99. The Morgan fingerprint density at radius 1 is 1.47 bits per heavy atom. The van der Waals surface area contributed by atoms with Crippen LogP contribution in [0, 0.1) is 6.92 Å². The third-order valence-electron chi connectivity index (χ3n) is 2.55. The number of hydrogen-bond acceptors (Lipinski definition) is 5. The highest BCUT2D eigenvalue weighted by Gasteiger charge is 2.20. The summed E-state index contributed by atoms with van der Waals surface area (Å²) in [5.74, 6) is -0.359. The van der Waals surface area contributed by atoms with E-state index in [9.17, 15) is 9.59 Å². The summed E-state index contributed by atoms with van der Waals surface area (Å²) in [6.07, 6.45) is 0. The highest BCUT2D eigenvalue weighted by atomic mass is 32.2. The van der Waals surface area contributed by atoms with E-state index in [1.54, 1.807) is 0 Å². The second-order valence-electron chi connectivity index (χ2n) is 4.07. The molecule has 19 heavy (non-hydrogen) atoms. The van der Waals surface area contributed by atoms with Crippen LogP contribution >= 0.6 is 11.8 Å². The molecule has 0 radical (unpaired) electrons. The molecule has 0 aliphatic heterocycles. The molecule has 0 saturated carbocycles. The van der Waals surface area contributed by atoms with Gasteiger partial charge in [0.2, 0.25) is 5.91 Å². The Bertz CT molecular complexity index is 477. The highest BCUT2D eigenvalue weighted by Crippen LogP contribution is 2.27. The maximum absolute atomic E-state index is 11.5. The van der Waals surface area contributed by atoms with Gasteiger partial charge >= 0.3 is 5.97 Å². The summed E-state index contributed by atoms with van der Waals surface area (Å²) in [6.45, 7) is 3.28. The first-order valence-corrected chi connectivity index (χ1v) is 6.77. The van der Waals surface area contributed by atoms with Crippen molar-refractivity contribution in [2.45, 2.75) is 24.8 Å². The molecule has 6 heteroatoms. The van der Waals surface area contributed by atoms with Crippen LogP contribution in [0.15, 0.2) is 23.1 Å². The lowest BCUT2D eigenvalue weighted by atomic mass is 10.2. The standard InChI is InChI=1S/C13H18N2O3S/c1-8-5-4-6-11(12(8)14)19-7-10(13(17)18-3)15-9(2)16/h4-6,10H,7,14H2,1-3H3,(H,15,16). The van der Waals surface area contributed by atoms with Gasteiger partial charge in [0.25, 0.3) is 0 Å². The number of methoxy groups -OCH3 is 1. The molecule has 0 aromatic heterocycles. The molecule has 1 atom stereocenters. The largest absolute Gasteiger partial charge is 0.467 e. The van der Waals surface area contributed by atoms with Crippen molar-refractivity contribution in [1.29, 1.82) is 0 Å². The van der Waals surface area contributed by atoms with E-state index in [2.05, 4.69) is 10.1 Å². The lowest BCUT2D eigenvalue weighted by Crippen LogP contribution is -2.42. The molecular formula is C13H18N2O3S. The summed E-state index contributed by atoms with van der Waals surface area (Å²) in [4.78, 5) is 23.5. The number of ether oxygens (including phenoxy) is 1. The number of nitrogens with one attached hydrogen (secondary N) is 1. The quantitative estimate of drug-likeness (QED) is 0.484. The van der Waals surface area contributed by atoms with Gasteiger partial charge in [0.05, 0.1) is 7.11 Å². The fourth-order valence-electron chi connectivity index (χ4n) is 1.51. The number of nitrogens with two attached hydrogens (primary N) is 1. The second kappa shape index (κ2) is 7.04. The average Bonchev–Trinajstić information content (AvgIpc) is 2.37. The lowest BCUT2D eigenvalue weighted by molar-refractivity contribution is -0.144. The van der Waals surface area contributed by atoms with E-state index in [-0.39, 0.29) is 5.91 Å². The Kier molecular flexibility index (Phi) is 5.69. The number of carbonyl (C=O) groups is 2. The molecule has 0 spiro atoms. The van der Waals surface area contributed by atoms with Crippen LogP contribution in [0.5, 0.6) is 0 Å². The number of hydrogen-bond donors (Lipinski definition) is 2. The molecule has 1 aromatic carbocycles. The van der Waals surface area contributed by atoms with Gasteiger partial charge in [-0.2, -0.15) is 0 Å². The van der Waals surface area contributed by atoms with Crippen molar-refractivity contribution in [1.82, 2.24) is 5.32 Å². The summed E-state index contributed by atoms with van der Waals surface area (Å²) < 4.78 is 4.66. The number of rotatable bonds is 5. The van der Waals surface area contributed by atoms with Crippen LogP contribution in [0.25, 0.3) is 0 Å². The summed E-state index contributed by atoms with van der Waals surface area (Å²) >= 11 is 1.41. The molecule has 0 saturated heterocycles. The smallest absolute Gasteiger partial charge is 0.329 e. The van der Waals surface area contributed by atoms with Gasteiger partial charge in [-0.1, -0.05) is 12.1 Å². The molecule has 0 aliphatic rings. The SMILES string of the molecule is COC(=O)C(CSc1cccc(C)c1N)NC(C)=O. The second-order valence-corrected chi connectivity index (χ2v) is 5.14. The molecule has 5 nitrogen and oxygen atoms in total. The van der Waals surface area contributed by atoms with Gasteiger partial charge in [-0.3, -0.25) is 4.79 Å². The molecule has 1 aromatic rings. The number of esters is 1. The van der Waals surface area contributed by atoms with Gasteiger partial charge in [-0.25, -0.2) is 4.79 Å². The van der Waals surface area contributed by atoms with Crippen molar-refractivity contribution in [3.63, 3.8) is 0 Å². The van der Waals surface area contributed by atoms with E-state index >= 15 is 0 Å². The summed E-state index contributed by atoms with van der Waals surface area (Å²) in [5.41, 5.74) is 7.63. The van der Waals surface area contributed by atoms with Crippen molar-refractivity contribution >= 4 is 29.3 Å². The minimum atomic E-state index is -0.674. The van der Waals surface area contributed by atoms with Crippen molar-refractivity contribution in [3.05, 3.63) is 23.8 Å². The zero-order chi connectivity index (χ0) is 14.4. The molecule has 0 aliphatic carbocycles. The molecule has 3 N–H and O–H groups in total. The predicted molar refractivity (Wildman–Crippen MR) is 75.9 cm³/mol. The molecule has 1 rings (SSSR count). The van der Waals surface area contributed by atoms with Crippen molar-refractivity contribution < 1.29 is 14.3 Å². The predicted octanol–water partition coefficient (Wildman–Crippen LogP) is 1.35. The zero-order valence-electron chi connectivity index (χ0n) is 11.2. The Labute approximate surface area is 116 Å². The Morgan fingerprint density at radius 2 is 2.16 bits per heavy atom. The van der Waals surface area contributed by atoms with E-state index in [1.165, 1.54) is 25.8 Å². The van der Waals surface area contributed by atoms with Gasteiger partial charge in [-0.05, 0) is 18.6 Å². The zero-order valence-corrected chi connectivity index (χ0v) is 12.0. The van der Waals surface area contributed by atoms with Crippen LogP contribution in [0.2, 0.25) is 0 Å². The fraction of sp³-hybridized carbons (Fsp3) is 0.385. The van der Waals surface area contributed by atoms with Crippen LogP contribution in [0.1, 0.15) is 12.5 Å². The normalized spacial score (nSPS) is 11.7. The van der Waals surface area contributed by atoms with Gasteiger partial charge in [0, 0.05) is 23.3 Å². The first-order valence-electron chi connectivity index (χ1n) is 5.78. The molecule has 0 bridgehead atoms. The minimum absolute atomic E-state index is 0.270. The van der Waals surface area contributed by atoms with E-state index in [1.807, 2.05) is 25.1 Å². The van der Waals surface area contributed by atoms with Gasteiger partial charge in [0.1, 0.15) is 6.04 Å². The Hall–Kier alpha value is -1.69. The number of thioether (sulfide) groups is 1. The van der Waals surface area contributed by atoms with Crippen LogP contribution in [0.3, 0.4) is 0 Å². The van der Waals surface area contributed by atoms with Crippen LogP contribution in [-0.2, 0) is 14.3 Å². The number of nitrogen functional groups attached to an aromatic ring is 1. The van der Waals surface area contributed by atoms with E-state index < -0.39 is 12.0 Å². The van der Waals surface area contributed by atoms with Gasteiger partial charge < -0.3 is 15.8 Å². The maximum Gasteiger partial charge on any atom is 0.329 e. The number of para-hydroxylation sites is 1. The van der Waals surface area contributed by atoms with E-state index in [0.29, 0.717) is 11.4 Å². The monoisotopic (exact) mass is 282 g/mol. The number of benzene rings is 1. The fourth-order valence-corrected chi connectivity index (χ4v) is 2.57. The van der Waals surface area contributed by atoms with Crippen molar-refractivity contribution in [3.8, 4) is 0 Å². The van der Waals surface area contributed by atoms with Crippen LogP contribution in [0.4, 0.5) is 5.69 Å². The first-order chi connectivity index (χ1) is 8.95. The number of amides is 1. The van der Waals surface area contributed by atoms with E-state index in [0.717, 1.165) is 10.5 Å². The van der Waals surface area contributed by atoms with Crippen LogP contribution in [-0.4, -0.2) is 30.8 Å². The third-order valence-corrected chi connectivity index (χ3v) is 3.72. The molecule has 0 fully saturated rings. The molecule has 104 valence electrons. The third kappa shape index (κ3) is 4.48. The molecular weight excluding hydrogens is 264 g/mol. The Morgan fingerprint density at radius 3 is 2.74 bits per heavy atom. The molecule has 1 unspecified atom stereocenters. The minimum Gasteiger partial charge on any atom is -0.467 e. The number of anilines is 1. The molecule has 1 amide bonds. The van der Waals surface area contributed by atoms with E-state index in [4.69, 9.17) is 5.73 Å². The summed E-state index contributed by atoms with van der Waals surface area (Å²) in [7, 11) is 1.29. The summed E-state index contributed by atoms with van der Waals surface area (Å²) in [6, 6.07) is 5.03. The Balaban J connectivity index is 2.73. The van der Waals surface area contributed by atoms with Crippen molar-refractivity contribution in [2.75, 3.05) is 18.6 Å². The maximum atomic E-state index is 11.5. The van der Waals surface area contributed by atoms with Gasteiger partial charge in [-0.15, -0.1) is 11.8 Å². The van der Waals surface area contributed by atoms with Crippen LogP contribution < -0.4 is 11.1 Å². The first kappa shape index (κ1) is 15.4. The number of carbonyl (C=O) groups excluding carboxylic acids is 2. The van der Waals surface area contributed by atoms with Crippen molar-refractivity contribution in [2.24, 2.45) is 0 Å². The topological polar surface area (TPSA) is 81.4 Å². The average molecular weight is 282 g/mol. The number of aryl methyl sites for hydroxylation is 1. The molecule has 0 heterocycles. The summed E-state index contributed by atoms with van der Waals surface area (Å²) in [5, 5.41) is 2.56.